The minimum atomic E-state index is -0.309. The van der Waals surface area contributed by atoms with Gasteiger partial charge in [-0.25, -0.2) is 4.98 Å². The van der Waals surface area contributed by atoms with E-state index >= 15 is 0 Å². The fraction of sp³-hybridized carbons (Fsp3) is 0.500. The number of ether oxygens (including phenoxy) is 2. The Morgan fingerprint density at radius 3 is 2.55 bits per heavy atom. The number of esters is 1. The quantitative estimate of drug-likeness (QED) is 0.424. The number of hydrogen-bond acceptors (Lipinski definition) is 8. The predicted octanol–water partition coefficient (Wildman–Crippen LogP) is 3.89. The number of benzene rings is 1. The lowest BCUT2D eigenvalue weighted by Gasteiger charge is -2.51. The topological polar surface area (TPSA) is 121 Å². The molecule has 0 aliphatic heterocycles. The van der Waals surface area contributed by atoms with E-state index < -0.39 is 0 Å². The summed E-state index contributed by atoms with van der Waals surface area (Å²) < 4.78 is 10.6. The first-order valence-electron chi connectivity index (χ1n) is 13.2. The van der Waals surface area contributed by atoms with E-state index in [0.717, 1.165) is 49.8 Å². The van der Waals surface area contributed by atoms with Crippen molar-refractivity contribution in [1.29, 1.82) is 0 Å². The highest BCUT2D eigenvalue weighted by Crippen LogP contribution is 2.57. The highest BCUT2D eigenvalue weighted by atomic mass is 16.5. The van der Waals surface area contributed by atoms with Gasteiger partial charge in [-0.3, -0.25) is 9.59 Å². The highest BCUT2D eigenvalue weighted by Gasteiger charge is 2.53. The Morgan fingerprint density at radius 2 is 1.84 bits per heavy atom. The minimum absolute atomic E-state index is 0.0362. The first kappa shape index (κ1) is 25.8. The molecule has 3 fully saturated rings. The number of amides is 1. The van der Waals surface area contributed by atoms with Crippen LogP contribution in [0, 0.1) is 17.8 Å². The zero-order valence-corrected chi connectivity index (χ0v) is 22.2. The second-order valence-electron chi connectivity index (χ2n) is 10.6. The van der Waals surface area contributed by atoms with Gasteiger partial charge in [0.15, 0.2) is 0 Å². The van der Waals surface area contributed by atoms with Crippen LogP contribution in [0.2, 0.25) is 0 Å². The molecule has 3 aliphatic rings. The van der Waals surface area contributed by atoms with Crippen molar-refractivity contribution in [2.45, 2.75) is 65.5 Å². The van der Waals surface area contributed by atoms with E-state index in [1.807, 2.05) is 44.2 Å². The molecule has 0 atom stereocenters. The molecule has 0 spiro atoms. The molecule has 3 saturated carbocycles. The van der Waals surface area contributed by atoms with Gasteiger partial charge in [-0.15, -0.1) is 10.2 Å². The Morgan fingerprint density at radius 1 is 1.08 bits per heavy atom. The van der Waals surface area contributed by atoms with Crippen LogP contribution in [0.25, 0.3) is 11.4 Å². The van der Waals surface area contributed by atoms with Gasteiger partial charge in [0.05, 0.1) is 25.7 Å². The lowest BCUT2D eigenvalue weighted by atomic mass is 9.53. The summed E-state index contributed by atoms with van der Waals surface area (Å²) in [7, 11) is 1.61. The molecular weight excluding hydrogens is 484 g/mol. The van der Waals surface area contributed by atoms with Crippen molar-refractivity contribution in [3.63, 3.8) is 0 Å². The van der Waals surface area contributed by atoms with Crippen molar-refractivity contribution < 1.29 is 19.1 Å². The number of tetrazole rings is 1. The molecule has 0 unspecified atom stereocenters. The van der Waals surface area contributed by atoms with Crippen molar-refractivity contribution >= 4 is 11.9 Å². The summed E-state index contributed by atoms with van der Waals surface area (Å²) >= 11 is 0. The third kappa shape index (κ3) is 5.25. The smallest absolute Gasteiger partial charge is 0.312 e. The summed E-state index contributed by atoms with van der Waals surface area (Å²) in [5.41, 5.74) is 2.38. The van der Waals surface area contributed by atoms with Crippen LogP contribution >= 0.6 is 0 Å². The van der Waals surface area contributed by atoms with Gasteiger partial charge in [0, 0.05) is 17.8 Å². The molecule has 1 N–H and O–H groups in total. The third-order valence-corrected chi connectivity index (χ3v) is 8.07. The molecule has 200 valence electrons. The van der Waals surface area contributed by atoms with Gasteiger partial charge in [-0.2, -0.15) is 4.80 Å². The molecule has 2 aromatic heterocycles. The largest absolute Gasteiger partial charge is 0.497 e. The second-order valence-corrected chi connectivity index (χ2v) is 10.6. The molecule has 1 amide bonds. The van der Waals surface area contributed by atoms with Gasteiger partial charge in [-0.1, -0.05) is 12.1 Å². The third-order valence-electron chi connectivity index (χ3n) is 8.07. The summed E-state index contributed by atoms with van der Waals surface area (Å²) in [5, 5.41) is 16.2. The lowest BCUT2D eigenvalue weighted by Crippen LogP contribution is -2.48. The molecule has 1 aromatic carbocycles. The Labute approximate surface area is 222 Å². The fourth-order valence-electron chi connectivity index (χ4n) is 5.79. The average molecular weight is 519 g/mol. The van der Waals surface area contributed by atoms with E-state index in [2.05, 4.69) is 25.7 Å². The van der Waals surface area contributed by atoms with Crippen LogP contribution < -0.4 is 10.1 Å². The predicted molar refractivity (Wildman–Crippen MR) is 139 cm³/mol. The van der Waals surface area contributed by atoms with E-state index in [1.165, 1.54) is 0 Å². The van der Waals surface area contributed by atoms with Crippen LogP contribution in [-0.4, -0.2) is 50.8 Å². The summed E-state index contributed by atoms with van der Waals surface area (Å²) in [5.74, 6) is 0.881. The van der Waals surface area contributed by atoms with Crippen LogP contribution in [0.3, 0.4) is 0 Å². The van der Waals surface area contributed by atoms with Gasteiger partial charge >= 0.3 is 5.97 Å². The number of fused-ring (bicyclic) bond motifs is 3. The zero-order valence-electron chi connectivity index (χ0n) is 22.2. The standard InChI is InChI=1S/C28H34N6O4/c1-4-38-26(36)28-11-8-27(9-12-28,10-13-28)18-34-32-24(31-33-34)21-14-19(2)30-23(16-21)25(35)29-17-20-6-5-7-22(15-20)37-3/h5-7,14-16H,4,8-13,17-18H2,1-3H3,(H,29,35). The number of nitrogens with one attached hydrogen (secondary N) is 1. The molecule has 10 heteroatoms. The Hall–Kier alpha value is -3.82. The van der Waals surface area contributed by atoms with Crippen LogP contribution in [0.1, 0.15) is 67.2 Å². The SMILES string of the molecule is CCOC(=O)C12CCC(Cn3nnc(-c4cc(C)nc(C(=O)NCc5cccc(OC)c5)c4)n3)(CC1)CC2. The minimum Gasteiger partial charge on any atom is -0.497 e. The molecule has 3 aromatic rings. The Balaban J connectivity index is 1.25. The van der Waals surface area contributed by atoms with Gasteiger partial charge in [0.25, 0.3) is 5.91 Å². The first-order chi connectivity index (χ1) is 18.3. The van der Waals surface area contributed by atoms with Gasteiger partial charge in [0.1, 0.15) is 11.4 Å². The highest BCUT2D eigenvalue weighted by molar-refractivity contribution is 5.93. The van der Waals surface area contributed by atoms with E-state index in [1.54, 1.807) is 18.0 Å². The summed E-state index contributed by atoms with van der Waals surface area (Å²) in [6, 6.07) is 11.1. The zero-order chi connectivity index (χ0) is 26.8. The molecule has 2 heterocycles. The first-order valence-corrected chi connectivity index (χ1v) is 13.2. The van der Waals surface area contributed by atoms with E-state index in [0.29, 0.717) is 42.5 Å². The van der Waals surface area contributed by atoms with E-state index in [-0.39, 0.29) is 22.7 Å². The van der Waals surface area contributed by atoms with E-state index in [4.69, 9.17) is 9.47 Å². The van der Waals surface area contributed by atoms with Crippen molar-refractivity contribution in [3.05, 3.63) is 53.3 Å². The molecule has 38 heavy (non-hydrogen) atoms. The number of carbonyl (C=O) groups excluding carboxylic acids is 2. The van der Waals surface area contributed by atoms with Crippen molar-refractivity contribution in [3.8, 4) is 17.1 Å². The van der Waals surface area contributed by atoms with Crippen molar-refractivity contribution in [1.82, 2.24) is 30.5 Å². The number of methoxy groups -OCH3 is 1. The fourth-order valence-corrected chi connectivity index (χ4v) is 5.79. The number of pyridine rings is 1. The normalized spacial score (nSPS) is 22.2. The van der Waals surface area contributed by atoms with E-state index in [9.17, 15) is 9.59 Å². The van der Waals surface area contributed by atoms with Gasteiger partial charge in [0.2, 0.25) is 5.82 Å². The van der Waals surface area contributed by atoms with Crippen LogP contribution in [0.5, 0.6) is 5.75 Å². The van der Waals surface area contributed by atoms with Gasteiger partial charge in [-0.05, 0) is 92.8 Å². The molecule has 6 rings (SSSR count). The second kappa shape index (κ2) is 10.5. The van der Waals surface area contributed by atoms with Crippen LogP contribution in [0.4, 0.5) is 0 Å². The maximum atomic E-state index is 12.9. The Bertz CT molecular complexity index is 1310. The van der Waals surface area contributed by atoms with Crippen molar-refractivity contribution in [2.24, 2.45) is 10.8 Å². The van der Waals surface area contributed by atoms with Gasteiger partial charge < -0.3 is 14.8 Å². The number of aromatic nitrogens is 5. The maximum absolute atomic E-state index is 12.9. The number of nitrogens with zero attached hydrogens (tertiary/aromatic N) is 5. The molecule has 0 radical (unpaired) electrons. The number of rotatable bonds is 9. The lowest BCUT2D eigenvalue weighted by molar-refractivity contribution is -0.166. The summed E-state index contributed by atoms with van der Waals surface area (Å²) in [6.07, 6.45) is 5.42. The summed E-state index contributed by atoms with van der Waals surface area (Å²) in [4.78, 5) is 31.5. The van der Waals surface area contributed by atoms with Crippen molar-refractivity contribution in [2.75, 3.05) is 13.7 Å². The van der Waals surface area contributed by atoms with Crippen LogP contribution in [0.15, 0.2) is 36.4 Å². The number of hydrogen-bond donors (Lipinski definition) is 1. The Kier molecular flexibility index (Phi) is 7.14. The maximum Gasteiger partial charge on any atom is 0.312 e. The molecule has 10 nitrogen and oxygen atoms in total. The van der Waals surface area contributed by atoms with Crippen LogP contribution in [-0.2, 0) is 22.6 Å². The molecule has 3 aliphatic carbocycles. The number of carbonyl (C=O) groups is 2. The number of aryl methyl sites for hydroxylation is 1. The average Bonchev–Trinajstić information content (AvgIpc) is 3.40. The summed E-state index contributed by atoms with van der Waals surface area (Å²) in [6.45, 7) is 5.15. The molecule has 0 saturated heterocycles. The molecule has 2 bridgehead atoms. The monoisotopic (exact) mass is 518 g/mol. The molecular formula is C28H34N6O4.